The van der Waals surface area contributed by atoms with E-state index in [4.69, 9.17) is 16.9 Å². The Labute approximate surface area is 109 Å². The Morgan fingerprint density at radius 2 is 2.35 bits per heavy atom. The lowest BCUT2D eigenvalue weighted by molar-refractivity contribution is -0.149. The molecule has 0 saturated carbocycles. The predicted molar refractivity (Wildman–Crippen MR) is 66.1 cm³/mol. The van der Waals surface area contributed by atoms with Crippen molar-refractivity contribution in [2.75, 3.05) is 19.0 Å². The van der Waals surface area contributed by atoms with Gasteiger partial charge in [-0.25, -0.2) is 0 Å². The van der Waals surface area contributed by atoms with Gasteiger partial charge in [-0.15, -0.1) is 0 Å². The molecule has 0 saturated heterocycles. The monoisotopic (exact) mass is 273 g/mol. The molecule has 0 bridgehead atoms. The summed E-state index contributed by atoms with van der Waals surface area (Å²) >= 11 is 6.82. The average molecular weight is 274 g/mol. The quantitative estimate of drug-likeness (QED) is 0.852. The van der Waals surface area contributed by atoms with Gasteiger partial charge < -0.3 is 10.1 Å². The third-order valence-corrected chi connectivity index (χ3v) is 3.37. The van der Waals surface area contributed by atoms with Crippen molar-refractivity contribution in [3.8, 4) is 6.07 Å². The van der Waals surface area contributed by atoms with Crippen LogP contribution in [0.1, 0.15) is 19.4 Å². The first kappa shape index (κ1) is 13.7. The summed E-state index contributed by atoms with van der Waals surface area (Å²) in [6.07, 6.45) is 0. The zero-order valence-electron chi connectivity index (χ0n) is 9.70. The Hall–Kier alpha value is -1.32. The van der Waals surface area contributed by atoms with Gasteiger partial charge in [-0.05, 0) is 25.4 Å². The van der Waals surface area contributed by atoms with Crippen molar-refractivity contribution in [2.45, 2.75) is 13.8 Å². The molecule has 0 aliphatic rings. The van der Waals surface area contributed by atoms with Gasteiger partial charge in [0.25, 0.3) is 0 Å². The smallest absolute Gasteiger partial charge is 0.313 e. The fourth-order valence-electron chi connectivity index (χ4n) is 1.14. The third-order valence-electron chi connectivity index (χ3n) is 2.19. The van der Waals surface area contributed by atoms with E-state index in [1.54, 1.807) is 13.8 Å². The highest BCUT2D eigenvalue weighted by Crippen LogP contribution is 2.29. The Kier molecular flexibility index (Phi) is 4.32. The SMILES string of the molecule is COC(=O)C(C)(C)CNc1snc(Cl)c1C#N. The van der Waals surface area contributed by atoms with Crippen molar-refractivity contribution >= 4 is 34.1 Å². The van der Waals surface area contributed by atoms with E-state index in [2.05, 4.69) is 14.4 Å². The van der Waals surface area contributed by atoms with Gasteiger partial charge in [0, 0.05) is 6.54 Å². The second kappa shape index (κ2) is 5.34. The summed E-state index contributed by atoms with van der Waals surface area (Å²) in [5.41, 5.74) is -0.380. The molecule has 1 N–H and O–H groups in total. The number of carbonyl (C=O) groups is 1. The summed E-state index contributed by atoms with van der Waals surface area (Å²) in [6, 6.07) is 1.96. The first-order chi connectivity index (χ1) is 7.92. The minimum Gasteiger partial charge on any atom is -0.469 e. The van der Waals surface area contributed by atoms with Crippen LogP contribution in [0.4, 0.5) is 5.00 Å². The van der Waals surface area contributed by atoms with Crippen molar-refractivity contribution in [1.82, 2.24) is 4.37 Å². The highest BCUT2D eigenvalue weighted by atomic mass is 35.5. The molecular formula is C10H12ClN3O2S. The number of nitriles is 1. The number of rotatable bonds is 4. The van der Waals surface area contributed by atoms with Crippen molar-refractivity contribution in [3.05, 3.63) is 10.7 Å². The molecule has 1 aromatic rings. The second-order valence-electron chi connectivity index (χ2n) is 4.02. The zero-order chi connectivity index (χ0) is 13.1. The molecule has 1 rings (SSSR count). The summed E-state index contributed by atoms with van der Waals surface area (Å²) < 4.78 is 8.54. The van der Waals surface area contributed by atoms with Gasteiger partial charge in [0.05, 0.1) is 12.5 Å². The molecule has 0 radical (unpaired) electrons. The van der Waals surface area contributed by atoms with Gasteiger partial charge >= 0.3 is 5.97 Å². The predicted octanol–water partition coefficient (Wildman–Crippen LogP) is 2.28. The molecule has 1 aromatic heterocycles. The topological polar surface area (TPSA) is 75.0 Å². The van der Waals surface area contributed by atoms with Crippen LogP contribution >= 0.6 is 23.1 Å². The van der Waals surface area contributed by atoms with E-state index in [1.165, 1.54) is 7.11 Å². The normalized spacial score (nSPS) is 10.8. The van der Waals surface area contributed by atoms with E-state index in [0.29, 0.717) is 17.1 Å². The van der Waals surface area contributed by atoms with E-state index < -0.39 is 5.41 Å². The number of methoxy groups -OCH3 is 1. The lowest BCUT2D eigenvalue weighted by atomic mass is 9.94. The van der Waals surface area contributed by atoms with Crippen LogP contribution in [0.2, 0.25) is 5.15 Å². The highest BCUT2D eigenvalue weighted by Gasteiger charge is 2.29. The van der Waals surface area contributed by atoms with Crippen LogP contribution in [-0.4, -0.2) is 24.0 Å². The van der Waals surface area contributed by atoms with Crippen LogP contribution < -0.4 is 5.32 Å². The van der Waals surface area contributed by atoms with E-state index in [0.717, 1.165) is 11.5 Å². The van der Waals surface area contributed by atoms with Crippen LogP contribution in [-0.2, 0) is 9.53 Å². The lowest BCUT2D eigenvalue weighted by Gasteiger charge is -2.21. The van der Waals surface area contributed by atoms with Crippen molar-refractivity contribution in [3.63, 3.8) is 0 Å². The summed E-state index contributed by atoms with van der Waals surface area (Å²) in [6.45, 7) is 3.84. The molecule has 0 atom stereocenters. The van der Waals surface area contributed by atoms with Gasteiger partial charge in [0.15, 0.2) is 5.15 Å². The Bertz CT molecular complexity index is 465. The number of esters is 1. The van der Waals surface area contributed by atoms with Crippen LogP contribution in [0.25, 0.3) is 0 Å². The molecule has 92 valence electrons. The lowest BCUT2D eigenvalue weighted by Crippen LogP contribution is -2.33. The first-order valence-corrected chi connectivity index (χ1v) is 5.95. The molecule has 0 unspecified atom stereocenters. The number of halogens is 1. The molecule has 0 aliphatic carbocycles. The molecule has 0 aromatic carbocycles. The van der Waals surface area contributed by atoms with Crippen molar-refractivity contribution in [2.24, 2.45) is 5.41 Å². The molecule has 0 amide bonds. The minimum atomic E-state index is -0.683. The van der Waals surface area contributed by atoms with Crippen molar-refractivity contribution < 1.29 is 9.53 Å². The van der Waals surface area contributed by atoms with Gasteiger partial charge in [0.2, 0.25) is 0 Å². The minimum absolute atomic E-state index is 0.177. The fraction of sp³-hybridized carbons (Fsp3) is 0.500. The van der Waals surface area contributed by atoms with Gasteiger partial charge in [0.1, 0.15) is 16.6 Å². The standard InChI is InChI=1S/C10H12ClN3O2S/c1-10(2,9(15)16-3)5-13-8-6(4-12)7(11)14-17-8/h13H,5H2,1-3H3. The van der Waals surface area contributed by atoms with Gasteiger partial charge in [-0.2, -0.15) is 9.64 Å². The Balaban J connectivity index is 2.74. The summed E-state index contributed by atoms with van der Waals surface area (Å²) in [4.78, 5) is 11.4. The molecular weight excluding hydrogens is 262 g/mol. The summed E-state index contributed by atoms with van der Waals surface area (Å²) in [5, 5.41) is 12.6. The number of ether oxygens (including phenoxy) is 1. The summed E-state index contributed by atoms with van der Waals surface area (Å²) in [7, 11) is 1.34. The molecule has 0 fully saturated rings. The average Bonchev–Trinajstić information content (AvgIpc) is 2.66. The number of anilines is 1. The Morgan fingerprint density at radius 3 is 2.88 bits per heavy atom. The first-order valence-electron chi connectivity index (χ1n) is 4.80. The molecule has 0 aliphatic heterocycles. The third kappa shape index (κ3) is 3.08. The number of nitrogens with one attached hydrogen (secondary N) is 1. The fourth-order valence-corrected chi connectivity index (χ4v) is 2.07. The molecule has 5 nitrogen and oxygen atoms in total. The maximum absolute atomic E-state index is 11.4. The second-order valence-corrected chi connectivity index (χ2v) is 5.15. The van der Waals surface area contributed by atoms with E-state index in [9.17, 15) is 4.79 Å². The van der Waals surface area contributed by atoms with Gasteiger partial charge in [-0.1, -0.05) is 11.6 Å². The van der Waals surface area contributed by atoms with Crippen LogP contribution in [0.3, 0.4) is 0 Å². The number of hydrogen-bond acceptors (Lipinski definition) is 6. The van der Waals surface area contributed by atoms with Crippen LogP contribution in [0.15, 0.2) is 0 Å². The Morgan fingerprint density at radius 1 is 1.71 bits per heavy atom. The van der Waals surface area contributed by atoms with E-state index >= 15 is 0 Å². The van der Waals surface area contributed by atoms with Crippen LogP contribution in [0.5, 0.6) is 0 Å². The summed E-state index contributed by atoms with van der Waals surface area (Å²) in [5.74, 6) is -0.320. The van der Waals surface area contributed by atoms with Gasteiger partial charge in [-0.3, -0.25) is 4.79 Å². The number of nitrogens with zero attached hydrogens (tertiary/aromatic N) is 2. The number of aromatic nitrogens is 1. The maximum atomic E-state index is 11.4. The molecule has 7 heteroatoms. The van der Waals surface area contributed by atoms with E-state index in [1.807, 2.05) is 6.07 Å². The highest BCUT2D eigenvalue weighted by molar-refractivity contribution is 7.10. The number of hydrogen-bond donors (Lipinski definition) is 1. The molecule has 1 heterocycles. The molecule has 17 heavy (non-hydrogen) atoms. The number of carbonyl (C=O) groups excluding carboxylic acids is 1. The maximum Gasteiger partial charge on any atom is 0.313 e. The zero-order valence-corrected chi connectivity index (χ0v) is 11.3. The van der Waals surface area contributed by atoms with Crippen molar-refractivity contribution in [1.29, 1.82) is 5.26 Å². The van der Waals surface area contributed by atoms with Crippen LogP contribution in [0, 0.1) is 16.7 Å². The molecule has 0 spiro atoms. The van der Waals surface area contributed by atoms with E-state index in [-0.39, 0.29) is 11.1 Å². The largest absolute Gasteiger partial charge is 0.469 e.